The molecule has 1 aromatic carbocycles. The molecule has 118 valence electrons. The third-order valence-electron chi connectivity index (χ3n) is 2.01. The summed E-state index contributed by atoms with van der Waals surface area (Å²) in [6.45, 7) is 0. The van der Waals surface area contributed by atoms with E-state index in [1.807, 2.05) is 0 Å². The summed E-state index contributed by atoms with van der Waals surface area (Å²) in [6, 6.07) is -2.76. The molecule has 1 aromatic rings. The second-order valence-electron chi connectivity index (χ2n) is 3.71. The summed E-state index contributed by atoms with van der Waals surface area (Å²) in [4.78, 5) is -3.24. The highest BCUT2D eigenvalue weighted by atomic mass is 32.5. The predicted octanol–water partition coefficient (Wildman–Crippen LogP) is 6.38. The lowest BCUT2D eigenvalue weighted by molar-refractivity contribution is -0.143. The molecule has 20 heavy (non-hydrogen) atoms. The predicted molar refractivity (Wildman–Crippen MR) is 47.8 cm³/mol. The molecule has 0 saturated heterocycles. The molecule has 0 aliphatic rings. The highest BCUT2D eigenvalue weighted by molar-refractivity contribution is 8.45. The number of halogens is 11. The van der Waals surface area contributed by atoms with Crippen molar-refractivity contribution in [1.82, 2.24) is 0 Å². The zero-order valence-electron chi connectivity index (χ0n) is 8.80. The molecule has 0 spiro atoms. The first-order chi connectivity index (χ1) is 8.30. The highest BCUT2D eigenvalue weighted by Crippen LogP contribution is 3.02. The van der Waals surface area contributed by atoms with Gasteiger partial charge in [-0.25, -0.2) is 0 Å². The molecule has 0 fully saturated rings. The number of alkyl halides is 6. The zero-order chi connectivity index (χ0) is 16.3. The molecule has 0 atom stereocenters. The fourth-order valence-electron chi connectivity index (χ4n) is 1.15. The topological polar surface area (TPSA) is 0 Å². The average molecular weight is 340 g/mol. The number of rotatable bonds is 1. The monoisotopic (exact) mass is 340 g/mol. The third kappa shape index (κ3) is 3.90. The first-order valence-electron chi connectivity index (χ1n) is 4.34. The van der Waals surface area contributed by atoms with E-state index >= 15 is 0 Å². The van der Waals surface area contributed by atoms with Gasteiger partial charge in [-0.2, -0.15) is 26.3 Å². The molecule has 12 heteroatoms. The van der Waals surface area contributed by atoms with Crippen molar-refractivity contribution in [2.75, 3.05) is 0 Å². The molecular weight excluding hydrogens is 337 g/mol. The Labute approximate surface area is 103 Å². The van der Waals surface area contributed by atoms with Crippen molar-refractivity contribution < 1.29 is 45.8 Å². The summed E-state index contributed by atoms with van der Waals surface area (Å²) >= 11 is 0. The summed E-state index contributed by atoms with van der Waals surface area (Å²) in [5.41, 5.74) is -4.92. The van der Waals surface area contributed by atoms with Crippen LogP contribution < -0.4 is 0 Å². The van der Waals surface area contributed by atoms with Crippen molar-refractivity contribution in [1.29, 1.82) is 0 Å². The minimum Gasteiger partial charge on any atom is -0.166 e. The van der Waals surface area contributed by atoms with Crippen molar-refractivity contribution in [3.05, 3.63) is 29.3 Å². The molecule has 0 bridgehead atoms. The van der Waals surface area contributed by atoms with Crippen LogP contribution in [0.15, 0.2) is 23.1 Å². The van der Waals surface area contributed by atoms with Gasteiger partial charge in [0.2, 0.25) is 0 Å². The van der Waals surface area contributed by atoms with E-state index < -0.39 is 56.8 Å². The highest BCUT2D eigenvalue weighted by Gasteiger charge is 2.66. The van der Waals surface area contributed by atoms with Crippen molar-refractivity contribution in [3.63, 3.8) is 0 Å². The van der Waals surface area contributed by atoms with Gasteiger partial charge in [0.25, 0.3) is 0 Å². The van der Waals surface area contributed by atoms with Gasteiger partial charge in [0, 0.05) is 0 Å². The summed E-state index contributed by atoms with van der Waals surface area (Å²) in [5.74, 6) is 0. The maximum Gasteiger partial charge on any atom is 0.416 e. The van der Waals surface area contributed by atoms with E-state index in [0.717, 1.165) is 0 Å². The SMILES string of the molecule is FC(F)(F)c1cc(C(F)(F)F)cc(S(F)(F)(F)(F)F)c1. The lowest BCUT2D eigenvalue weighted by Gasteiger charge is -2.41. The smallest absolute Gasteiger partial charge is 0.166 e. The van der Waals surface area contributed by atoms with Gasteiger partial charge in [0.15, 0.2) is 0 Å². The van der Waals surface area contributed by atoms with Crippen LogP contribution in [0.2, 0.25) is 0 Å². The van der Waals surface area contributed by atoms with Crippen LogP contribution in [-0.4, -0.2) is 0 Å². The number of hydrogen-bond donors (Lipinski definition) is 0. The van der Waals surface area contributed by atoms with Gasteiger partial charge in [0.1, 0.15) is 4.90 Å². The Balaban J connectivity index is 3.74. The van der Waals surface area contributed by atoms with E-state index in [4.69, 9.17) is 0 Å². The van der Waals surface area contributed by atoms with E-state index in [0.29, 0.717) is 0 Å². The molecule has 0 unspecified atom stereocenters. The first-order valence-corrected chi connectivity index (χ1v) is 6.29. The van der Waals surface area contributed by atoms with Crippen LogP contribution >= 0.6 is 10.2 Å². The summed E-state index contributed by atoms with van der Waals surface area (Å²) < 4.78 is 135. The van der Waals surface area contributed by atoms with Crippen molar-refractivity contribution in [3.8, 4) is 0 Å². The molecule has 1 rings (SSSR count). The van der Waals surface area contributed by atoms with Gasteiger partial charge in [-0.15, -0.1) is 0 Å². The fraction of sp³-hybridized carbons (Fsp3) is 0.250. The zero-order valence-corrected chi connectivity index (χ0v) is 9.61. The van der Waals surface area contributed by atoms with Crippen molar-refractivity contribution >= 4 is 10.2 Å². The molecule has 0 radical (unpaired) electrons. The van der Waals surface area contributed by atoms with Gasteiger partial charge < -0.3 is 0 Å². The minimum absolute atomic E-state index is 0.674. The van der Waals surface area contributed by atoms with Gasteiger partial charge in [-0.05, 0) is 18.2 Å². The Morgan fingerprint density at radius 2 is 0.900 bits per heavy atom. The van der Waals surface area contributed by atoms with E-state index in [2.05, 4.69) is 0 Å². The van der Waals surface area contributed by atoms with Crippen LogP contribution in [-0.2, 0) is 12.4 Å². The van der Waals surface area contributed by atoms with E-state index in [-0.39, 0.29) is 0 Å². The minimum atomic E-state index is -10.7. The summed E-state index contributed by atoms with van der Waals surface area (Å²) in [6.07, 6.45) is -11.3. The maximum atomic E-state index is 12.3. The second kappa shape index (κ2) is 3.52. The summed E-state index contributed by atoms with van der Waals surface area (Å²) in [7, 11) is -10.7. The lowest BCUT2D eigenvalue weighted by Crippen LogP contribution is -2.15. The molecule has 0 aliphatic heterocycles. The van der Waals surface area contributed by atoms with E-state index in [9.17, 15) is 45.8 Å². The molecule has 0 nitrogen and oxygen atoms in total. The Hall–Kier alpha value is -1.20. The van der Waals surface area contributed by atoms with Gasteiger partial charge in [0.05, 0.1) is 11.1 Å². The van der Waals surface area contributed by atoms with Gasteiger partial charge in [-0.1, -0.05) is 19.4 Å². The summed E-state index contributed by atoms with van der Waals surface area (Å²) in [5, 5.41) is 0. The van der Waals surface area contributed by atoms with Crippen LogP contribution in [0.3, 0.4) is 0 Å². The Kier molecular flexibility index (Phi) is 2.96. The third-order valence-corrected chi connectivity index (χ3v) is 3.13. The largest absolute Gasteiger partial charge is 0.416 e. The molecule has 0 heterocycles. The molecule has 0 aromatic heterocycles. The molecule has 0 N–H and O–H groups in total. The van der Waals surface area contributed by atoms with Crippen LogP contribution in [0.4, 0.5) is 45.8 Å². The average Bonchev–Trinajstić information content (AvgIpc) is 2.10. The van der Waals surface area contributed by atoms with Crippen molar-refractivity contribution in [2.45, 2.75) is 17.2 Å². The molecular formula is C8H3F11S. The fourth-order valence-corrected chi connectivity index (χ4v) is 1.85. The maximum absolute atomic E-state index is 12.3. The lowest BCUT2D eigenvalue weighted by atomic mass is 10.1. The van der Waals surface area contributed by atoms with Crippen LogP contribution in [0.5, 0.6) is 0 Å². The van der Waals surface area contributed by atoms with E-state index in [1.165, 1.54) is 0 Å². The Bertz CT molecular complexity index is 500. The normalized spacial score (nSPS) is 17.6. The quantitative estimate of drug-likeness (QED) is 0.520. The standard InChI is InChI=1S/C8H3F11S/c9-7(10,11)4-1-5(8(12,13)14)3-6(2-4)20(15,16,17,18)19/h1-3H. The van der Waals surface area contributed by atoms with Crippen LogP contribution in [0.25, 0.3) is 0 Å². The molecule has 0 amide bonds. The Morgan fingerprint density at radius 3 is 1.10 bits per heavy atom. The van der Waals surface area contributed by atoms with Gasteiger partial charge >= 0.3 is 22.6 Å². The number of hydrogen-bond acceptors (Lipinski definition) is 0. The van der Waals surface area contributed by atoms with Gasteiger partial charge in [-0.3, -0.25) is 0 Å². The first kappa shape index (κ1) is 16.9. The second-order valence-corrected chi connectivity index (χ2v) is 6.12. The van der Waals surface area contributed by atoms with Crippen molar-refractivity contribution in [2.24, 2.45) is 0 Å². The Morgan fingerprint density at radius 1 is 0.600 bits per heavy atom. The molecule has 0 saturated carbocycles. The van der Waals surface area contributed by atoms with Crippen LogP contribution in [0, 0.1) is 0 Å². The number of benzene rings is 1. The van der Waals surface area contributed by atoms with E-state index in [1.54, 1.807) is 0 Å². The van der Waals surface area contributed by atoms with Crippen LogP contribution in [0.1, 0.15) is 11.1 Å². The molecule has 0 aliphatic carbocycles.